The van der Waals surface area contributed by atoms with Crippen molar-refractivity contribution in [1.29, 1.82) is 0 Å². The summed E-state index contributed by atoms with van der Waals surface area (Å²) in [6.07, 6.45) is -4.95. The van der Waals surface area contributed by atoms with Gasteiger partial charge in [-0.3, -0.25) is 0 Å². The minimum absolute atomic E-state index is 0.295. The van der Waals surface area contributed by atoms with E-state index in [-0.39, 0.29) is 0 Å². The first-order valence-electron chi connectivity index (χ1n) is 12.5. The molecule has 0 spiro atoms. The zero-order chi connectivity index (χ0) is 24.8. The Bertz CT molecular complexity index is 1160. The molecule has 0 aliphatic heterocycles. The Morgan fingerprint density at radius 2 is 0.852 bits per heavy atom. The molecule has 0 nitrogen and oxygen atoms in total. The maximum Gasteiger partial charge on any atom is 0.0366 e. The van der Waals surface area contributed by atoms with Gasteiger partial charge in [0.1, 0.15) is 0 Å². The van der Waals surface area contributed by atoms with Gasteiger partial charge in [-0.2, -0.15) is 0 Å². The molecule has 0 heteroatoms. The first-order valence-corrected chi connectivity index (χ1v) is 9.51. The monoisotopic (exact) mass is 362 g/mol. The largest absolute Gasteiger partial charge is 0.0651 e. The van der Waals surface area contributed by atoms with Gasteiger partial charge in [-0.05, 0) is 74.6 Å². The standard InChI is InChI=1S/C27H32/c1-6-7-23-9-21(4)12-25(15-23)17-27-14-22(5)13-26(18-27)16-24-10-19(2)8-20(3)11-24/h8-15,18H,6-7,16-17H2,1-5H3/i7D2,16D2,17D2. The minimum Gasteiger partial charge on any atom is -0.0651 e. The number of hydrogen-bond donors (Lipinski definition) is 0. The van der Waals surface area contributed by atoms with Gasteiger partial charge in [-0.1, -0.05) is 90.2 Å². The zero-order valence-corrected chi connectivity index (χ0v) is 16.9. The molecule has 0 aromatic heterocycles. The minimum atomic E-state index is -1.91. The van der Waals surface area contributed by atoms with Crippen LogP contribution in [-0.2, 0) is 19.1 Å². The van der Waals surface area contributed by atoms with E-state index in [2.05, 4.69) is 0 Å². The molecule has 0 fully saturated rings. The average Bonchev–Trinajstić information content (AvgIpc) is 2.72. The topological polar surface area (TPSA) is 0 Å². The molecule has 3 rings (SSSR count). The Morgan fingerprint density at radius 3 is 1.30 bits per heavy atom. The van der Waals surface area contributed by atoms with E-state index < -0.39 is 19.1 Å². The van der Waals surface area contributed by atoms with Crippen LogP contribution in [0.3, 0.4) is 0 Å². The third-order valence-electron chi connectivity index (χ3n) is 4.33. The molecule has 0 unspecified atom stereocenters. The maximum absolute atomic E-state index is 8.96. The Balaban J connectivity index is 2.15. The molecule has 0 heterocycles. The van der Waals surface area contributed by atoms with Crippen LogP contribution in [-0.4, -0.2) is 0 Å². The summed E-state index contributed by atoms with van der Waals surface area (Å²) in [4.78, 5) is 0. The van der Waals surface area contributed by atoms with Gasteiger partial charge in [-0.25, -0.2) is 0 Å². The molecule has 0 saturated heterocycles. The van der Waals surface area contributed by atoms with Gasteiger partial charge in [-0.15, -0.1) is 0 Å². The van der Waals surface area contributed by atoms with Crippen LogP contribution in [0, 0.1) is 27.7 Å². The van der Waals surface area contributed by atoms with Crippen LogP contribution in [0.15, 0.2) is 54.6 Å². The fourth-order valence-corrected chi connectivity index (χ4v) is 3.47. The lowest BCUT2D eigenvalue weighted by Gasteiger charge is -2.11. The lowest BCUT2D eigenvalue weighted by Crippen LogP contribution is -1.97. The SMILES string of the molecule is [2H]C([2H])(CC)c1cc(C)cc(C([2H])([2H])c2cc(C)cc(C([2H])([2H])c3cc(C)cc(C)c3)c2)c1. The van der Waals surface area contributed by atoms with Crippen LogP contribution < -0.4 is 0 Å². The molecule has 140 valence electrons. The number of aryl methyl sites for hydroxylation is 5. The molecule has 0 N–H and O–H groups in total. The first kappa shape index (κ1) is 12.9. The molecule has 0 atom stereocenters. The van der Waals surface area contributed by atoms with Crippen LogP contribution in [0.1, 0.15) is 71.6 Å². The molecule has 0 saturated carbocycles. The third kappa shape index (κ3) is 5.57. The van der Waals surface area contributed by atoms with Crippen LogP contribution in [0.25, 0.3) is 0 Å². The summed E-state index contributed by atoms with van der Waals surface area (Å²) in [6.45, 7) is 9.35. The van der Waals surface area contributed by atoms with E-state index in [4.69, 9.17) is 8.22 Å². The van der Waals surface area contributed by atoms with Gasteiger partial charge in [0.05, 0.1) is 0 Å². The number of hydrogen-bond acceptors (Lipinski definition) is 0. The van der Waals surface area contributed by atoms with Crippen molar-refractivity contribution in [3.8, 4) is 0 Å². The van der Waals surface area contributed by atoms with Crippen molar-refractivity contribution in [2.75, 3.05) is 0 Å². The molecular weight excluding hydrogens is 324 g/mol. The van der Waals surface area contributed by atoms with Crippen molar-refractivity contribution in [3.63, 3.8) is 0 Å². The highest BCUT2D eigenvalue weighted by Gasteiger charge is 2.05. The molecule has 0 aliphatic rings. The highest BCUT2D eigenvalue weighted by molar-refractivity contribution is 5.39. The predicted octanol–water partition coefficient (Wildman–Crippen LogP) is 7.05. The van der Waals surface area contributed by atoms with E-state index in [0.29, 0.717) is 34.2 Å². The summed E-state index contributed by atoms with van der Waals surface area (Å²) >= 11 is 0. The smallest absolute Gasteiger partial charge is 0.0366 e. The zero-order valence-electron chi connectivity index (χ0n) is 22.9. The average molecular weight is 363 g/mol. The number of benzene rings is 3. The van der Waals surface area contributed by atoms with Crippen LogP contribution >= 0.6 is 0 Å². The van der Waals surface area contributed by atoms with E-state index in [1.807, 2.05) is 45.9 Å². The lowest BCUT2D eigenvalue weighted by atomic mass is 9.94. The van der Waals surface area contributed by atoms with Gasteiger partial charge in [0.2, 0.25) is 0 Å². The molecule has 3 aromatic rings. The lowest BCUT2D eigenvalue weighted by molar-refractivity contribution is 0.916. The summed E-state index contributed by atoms with van der Waals surface area (Å²) in [5.41, 5.74) is 5.68. The molecule has 0 radical (unpaired) electrons. The normalized spacial score (nSPS) is 15.9. The van der Waals surface area contributed by atoms with Crippen molar-refractivity contribution < 1.29 is 8.22 Å². The van der Waals surface area contributed by atoms with Crippen molar-refractivity contribution >= 4 is 0 Å². The molecule has 0 bridgehead atoms. The molecule has 3 aromatic carbocycles. The molecule has 0 amide bonds. The Labute approximate surface area is 173 Å². The highest BCUT2D eigenvalue weighted by Crippen LogP contribution is 2.20. The van der Waals surface area contributed by atoms with Gasteiger partial charge in [0.15, 0.2) is 0 Å². The summed E-state index contributed by atoms with van der Waals surface area (Å²) in [7, 11) is 0. The maximum atomic E-state index is 8.96. The van der Waals surface area contributed by atoms with E-state index in [9.17, 15) is 0 Å². The van der Waals surface area contributed by atoms with E-state index in [0.717, 1.165) is 22.3 Å². The molecule has 0 aliphatic carbocycles. The summed E-state index contributed by atoms with van der Waals surface area (Å²) < 4.78 is 52.2. The van der Waals surface area contributed by atoms with E-state index in [1.54, 1.807) is 43.3 Å². The summed E-state index contributed by atoms with van der Waals surface area (Å²) in [5, 5.41) is 0. The van der Waals surface area contributed by atoms with E-state index >= 15 is 0 Å². The second kappa shape index (κ2) is 8.57. The second-order valence-electron chi connectivity index (χ2n) is 7.33. The summed E-state index contributed by atoms with van der Waals surface area (Å²) in [6, 6.07) is 15.9. The van der Waals surface area contributed by atoms with Crippen molar-refractivity contribution in [3.05, 3.63) is 105 Å². The Morgan fingerprint density at radius 1 is 0.519 bits per heavy atom. The Hall–Kier alpha value is -2.34. The van der Waals surface area contributed by atoms with Crippen LogP contribution in [0.4, 0.5) is 0 Å². The van der Waals surface area contributed by atoms with Crippen LogP contribution in [0.5, 0.6) is 0 Å². The Kier molecular flexibility index (Phi) is 4.11. The third-order valence-corrected chi connectivity index (χ3v) is 4.33. The predicted molar refractivity (Wildman–Crippen MR) is 118 cm³/mol. The first-order chi connectivity index (χ1) is 15.2. The fraction of sp³-hybridized carbons (Fsp3) is 0.333. The fourth-order valence-electron chi connectivity index (χ4n) is 3.47. The second-order valence-corrected chi connectivity index (χ2v) is 7.33. The number of rotatable bonds is 6. The van der Waals surface area contributed by atoms with Crippen molar-refractivity contribution in [1.82, 2.24) is 0 Å². The molecule has 27 heavy (non-hydrogen) atoms. The summed E-state index contributed by atoms with van der Waals surface area (Å²) in [5.74, 6) is 0. The highest BCUT2D eigenvalue weighted by atomic mass is 14.1. The van der Waals surface area contributed by atoms with E-state index in [1.165, 1.54) is 0 Å². The molecular formula is C27H32. The van der Waals surface area contributed by atoms with Gasteiger partial charge >= 0.3 is 0 Å². The van der Waals surface area contributed by atoms with Crippen LogP contribution in [0.2, 0.25) is 0 Å². The van der Waals surface area contributed by atoms with Gasteiger partial charge < -0.3 is 0 Å². The van der Waals surface area contributed by atoms with Gasteiger partial charge in [0.25, 0.3) is 0 Å². The van der Waals surface area contributed by atoms with Crippen molar-refractivity contribution in [2.45, 2.75) is 60.2 Å². The van der Waals surface area contributed by atoms with Crippen molar-refractivity contribution in [2.24, 2.45) is 0 Å². The van der Waals surface area contributed by atoms with Gasteiger partial charge in [0, 0.05) is 8.22 Å². The quantitative estimate of drug-likeness (QED) is 0.440.